The maximum Gasteiger partial charge on any atom is 0.0469 e. The van der Waals surface area contributed by atoms with Crippen LogP contribution in [0.4, 0.5) is 5.69 Å². The van der Waals surface area contributed by atoms with Crippen molar-refractivity contribution >= 4 is 5.69 Å². The van der Waals surface area contributed by atoms with E-state index in [-0.39, 0.29) is 0 Å². The van der Waals surface area contributed by atoms with Crippen LogP contribution in [0.2, 0.25) is 0 Å². The molecule has 1 N–H and O–H groups in total. The second-order valence-electron chi connectivity index (χ2n) is 4.46. The second kappa shape index (κ2) is 4.05. The van der Waals surface area contributed by atoms with Gasteiger partial charge in [-0.3, -0.25) is 0 Å². The van der Waals surface area contributed by atoms with E-state index in [1.165, 1.54) is 24.2 Å². The van der Waals surface area contributed by atoms with Crippen LogP contribution in [-0.2, 0) is 0 Å². The Morgan fingerprint density at radius 2 is 1.94 bits per heavy atom. The van der Waals surface area contributed by atoms with Crippen LogP contribution in [0, 0.1) is 5.92 Å². The minimum atomic E-state index is 0.912. The molecule has 1 fully saturated rings. The monoisotopic (exact) mass is 212 g/mol. The van der Waals surface area contributed by atoms with Crippen LogP contribution in [0.3, 0.4) is 0 Å². The second-order valence-corrected chi connectivity index (χ2v) is 4.46. The fraction of sp³-hybridized carbons (Fsp3) is 0.286. The lowest BCUT2D eigenvalue weighted by molar-refractivity contribution is 0.889. The number of aromatic nitrogens is 1. The van der Waals surface area contributed by atoms with E-state index in [9.17, 15) is 0 Å². The molecule has 16 heavy (non-hydrogen) atoms. The molecule has 2 nitrogen and oxygen atoms in total. The van der Waals surface area contributed by atoms with Crippen molar-refractivity contribution in [2.24, 2.45) is 5.92 Å². The van der Waals surface area contributed by atoms with Crippen molar-refractivity contribution in [3.63, 3.8) is 0 Å². The zero-order valence-corrected chi connectivity index (χ0v) is 9.26. The van der Waals surface area contributed by atoms with Gasteiger partial charge in [0.2, 0.25) is 0 Å². The molecule has 3 rings (SSSR count). The standard InChI is InChI=1S/C14H16N2/c1-2-9-16(8-1)14-5-3-4-13(10-14)15-11-12-6-7-12/h1-5,8-10,12,15H,6-7,11H2. The Labute approximate surface area is 95.9 Å². The highest BCUT2D eigenvalue weighted by Gasteiger charge is 2.20. The zero-order valence-electron chi connectivity index (χ0n) is 9.26. The van der Waals surface area contributed by atoms with Crippen LogP contribution < -0.4 is 5.32 Å². The molecule has 1 aromatic carbocycles. The average molecular weight is 212 g/mol. The number of hydrogen-bond acceptors (Lipinski definition) is 1. The van der Waals surface area contributed by atoms with Crippen LogP contribution >= 0.6 is 0 Å². The third-order valence-corrected chi connectivity index (χ3v) is 3.04. The summed E-state index contributed by atoms with van der Waals surface area (Å²) in [5.41, 5.74) is 2.43. The Bertz CT molecular complexity index is 455. The molecule has 1 heterocycles. The third-order valence-electron chi connectivity index (χ3n) is 3.04. The number of nitrogens with one attached hydrogen (secondary N) is 1. The van der Waals surface area contributed by atoms with E-state index < -0.39 is 0 Å². The molecule has 2 heteroatoms. The maximum atomic E-state index is 3.50. The van der Waals surface area contributed by atoms with Gasteiger partial charge in [0.05, 0.1) is 0 Å². The molecule has 0 bridgehead atoms. The maximum absolute atomic E-state index is 3.50. The molecule has 82 valence electrons. The van der Waals surface area contributed by atoms with Gasteiger partial charge in [0.15, 0.2) is 0 Å². The van der Waals surface area contributed by atoms with Crippen molar-refractivity contribution in [3.05, 3.63) is 48.8 Å². The largest absolute Gasteiger partial charge is 0.385 e. The molecule has 0 spiro atoms. The van der Waals surface area contributed by atoms with Crippen molar-refractivity contribution in [1.29, 1.82) is 0 Å². The Balaban J connectivity index is 1.76. The lowest BCUT2D eigenvalue weighted by Crippen LogP contribution is -2.03. The van der Waals surface area contributed by atoms with Crippen molar-refractivity contribution in [2.75, 3.05) is 11.9 Å². The summed E-state index contributed by atoms with van der Waals surface area (Å²) in [4.78, 5) is 0. The van der Waals surface area contributed by atoms with E-state index >= 15 is 0 Å². The Morgan fingerprint density at radius 3 is 2.69 bits per heavy atom. The van der Waals surface area contributed by atoms with Gasteiger partial charge in [0, 0.05) is 30.3 Å². The summed E-state index contributed by atoms with van der Waals surface area (Å²) in [7, 11) is 0. The first kappa shape index (κ1) is 9.52. The first-order valence-corrected chi connectivity index (χ1v) is 5.89. The number of rotatable bonds is 4. The summed E-state index contributed by atoms with van der Waals surface area (Å²) in [6.45, 7) is 1.12. The first-order chi connectivity index (χ1) is 7.92. The third kappa shape index (κ3) is 2.11. The zero-order chi connectivity index (χ0) is 10.8. The summed E-state index contributed by atoms with van der Waals surface area (Å²) in [5, 5.41) is 3.50. The van der Waals surface area contributed by atoms with Crippen molar-refractivity contribution in [3.8, 4) is 5.69 Å². The molecule has 1 aliphatic carbocycles. The van der Waals surface area contributed by atoms with Gasteiger partial charge in [-0.2, -0.15) is 0 Å². The van der Waals surface area contributed by atoms with E-state index in [0.29, 0.717) is 0 Å². The van der Waals surface area contributed by atoms with E-state index in [1.54, 1.807) is 0 Å². The minimum absolute atomic E-state index is 0.912. The van der Waals surface area contributed by atoms with Gasteiger partial charge >= 0.3 is 0 Å². The van der Waals surface area contributed by atoms with Crippen LogP contribution in [0.15, 0.2) is 48.8 Å². The molecular weight excluding hydrogens is 196 g/mol. The Kier molecular flexibility index (Phi) is 2.41. The number of nitrogens with zero attached hydrogens (tertiary/aromatic N) is 1. The topological polar surface area (TPSA) is 17.0 Å². The lowest BCUT2D eigenvalue weighted by Gasteiger charge is -2.08. The van der Waals surface area contributed by atoms with Crippen LogP contribution in [0.5, 0.6) is 0 Å². The fourth-order valence-electron chi connectivity index (χ4n) is 1.87. The fourth-order valence-corrected chi connectivity index (χ4v) is 1.87. The summed E-state index contributed by atoms with van der Waals surface area (Å²) < 4.78 is 2.13. The molecular formula is C14H16N2. The van der Waals surface area contributed by atoms with E-state index in [1.807, 2.05) is 12.1 Å². The summed E-state index contributed by atoms with van der Waals surface area (Å²) in [6, 6.07) is 12.7. The van der Waals surface area contributed by atoms with Crippen molar-refractivity contribution in [2.45, 2.75) is 12.8 Å². The summed E-state index contributed by atoms with van der Waals surface area (Å²) in [6.07, 6.45) is 6.93. The molecule has 0 radical (unpaired) electrons. The molecule has 0 saturated heterocycles. The van der Waals surface area contributed by atoms with E-state index in [2.05, 4.69) is 46.5 Å². The van der Waals surface area contributed by atoms with Crippen LogP contribution in [-0.4, -0.2) is 11.1 Å². The van der Waals surface area contributed by atoms with E-state index in [4.69, 9.17) is 0 Å². The van der Waals surface area contributed by atoms with Crippen LogP contribution in [0.1, 0.15) is 12.8 Å². The lowest BCUT2D eigenvalue weighted by atomic mass is 10.2. The number of hydrogen-bond donors (Lipinski definition) is 1. The molecule has 2 aromatic rings. The number of benzene rings is 1. The van der Waals surface area contributed by atoms with Gasteiger partial charge in [-0.25, -0.2) is 0 Å². The van der Waals surface area contributed by atoms with Crippen molar-refractivity contribution in [1.82, 2.24) is 4.57 Å². The average Bonchev–Trinajstić information content (AvgIpc) is 2.99. The Hall–Kier alpha value is -1.70. The highest BCUT2D eigenvalue weighted by atomic mass is 14.9. The molecule has 0 unspecified atom stereocenters. The SMILES string of the molecule is c1cc(NCC2CC2)cc(-n2cccc2)c1. The van der Waals surface area contributed by atoms with Gasteiger partial charge in [0.1, 0.15) is 0 Å². The van der Waals surface area contributed by atoms with Crippen molar-refractivity contribution < 1.29 is 0 Å². The van der Waals surface area contributed by atoms with Gasteiger partial charge in [-0.1, -0.05) is 6.07 Å². The molecule has 1 aliphatic rings. The van der Waals surface area contributed by atoms with Gasteiger partial charge in [0.25, 0.3) is 0 Å². The first-order valence-electron chi connectivity index (χ1n) is 5.89. The molecule has 1 aromatic heterocycles. The number of anilines is 1. The van der Waals surface area contributed by atoms with Gasteiger partial charge in [-0.05, 0) is 49.1 Å². The predicted octanol–water partition coefficient (Wildman–Crippen LogP) is 3.30. The molecule has 0 amide bonds. The van der Waals surface area contributed by atoms with Gasteiger partial charge in [-0.15, -0.1) is 0 Å². The van der Waals surface area contributed by atoms with E-state index in [0.717, 1.165) is 12.5 Å². The summed E-state index contributed by atoms with van der Waals surface area (Å²) in [5.74, 6) is 0.912. The smallest absolute Gasteiger partial charge is 0.0469 e. The molecule has 0 atom stereocenters. The van der Waals surface area contributed by atoms with Gasteiger partial charge < -0.3 is 9.88 Å². The molecule has 1 saturated carbocycles. The van der Waals surface area contributed by atoms with Crippen LogP contribution in [0.25, 0.3) is 5.69 Å². The Morgan fingerprint density at radius 1 is 1.12 bits per heavy atom. The summed E-state index contributed by atoms with van der Waals surface area (Å²) >= 11 is 0. The minimum Gasteiger partial charge on any atom is -0.385 e. The quantitative estimate of drug-likeness (QED) is 0.822. The highest BCUT2D eigenvalue weighted by molar-refractivity contribution is 5.51. The predicted molar refractivity (Wildman–Crippen MR) is 67.0 cm³/mol. The normalized spacial score (nSPS) is 15.0. The highest BCUT2D eigenvalue weighted by Crippen LogP contribution is 2.29. The molecule has 0 aliphatic heterocycles.